The van der Waals surface area contributed by atoms with Crippen LogP contribution < -0.4 is 4.74 Å². The number of carbonyl (C=O) groups is 2. The smallest absolute Gasteiger partial charge is 0.227 e. The van der Waals surface area contributed by atoms with E-state index in [9.17, 15) is 9.59 Å². The highest BCUT2D eigenvalue weighted by molar-refractivity contribution is 6.30. The summed E-state index contributed by atoms with van der Waals surface area (Å²) in [6, 6.07) is 5.28. The van der Waals surface area contributed by atoms with E-state index in [0.717, 1.165) is 5.56 Å². The highest BCUT2D eigenvalue weighted by Gasteiger charge is 2.27. The monoisotopic (exact) mass is 366 g/mol. The Morgan fingerprint density at radius 2 is 1.64 bits per heavy atom. The first-order valence-corrected chi connectivity index (χ1v) is 8.95. The first-order chi connectivity index (χ1) is 11.7. The van der Waals surface area contributed by atoms with Gasteiger partial charge in [-0.2, -0.15) is 0 Å². The van der Waals surface area contributed by atoms with Crippen molar-refractivity contribution in [2.45, 2.75) is 33.6 Å². The number of ether oxygens (including phenoxy) is 1. The molecule has 1 aliphatic heterocycles. The molecule has 1 saturated heterocycles. The van der Waals surface area contributed by atoms with Crippen LogP contribution in [0.25, 0.3) is 0 Å². The van der Waals surface area contributed by atoms with Crippen LogP contribution in [0, 0.1) is 5.41 Å². The largest absolute Gasteiger partial charge is 0.496 e. The molecule has 0 aliphatic carbocycles. The first kappa shape index (κ1) is 19.6. The second-order valence-electron chi connectivity index (χ2n) is 7.63. The molecule has 0 radical (unpaired) electrons. The van der Waals surface area contributed by atoms with E-state index in [1.165, 1.54) is 0 Å². The van der Waals surface area contributed by atoms with Gasteiger partial charge in [-0.15, -0.1) is 0 Å². The quantitative estimate of drug-likeness (QED) is 0.823. The van der Waals surface area contributed by atoms with Crippen molar-refractivity contribution >= 4 is 23.4 Å². The Morgan fingerprint density at radius 3 is 2.16 bits per heavy atom. The van der Waals surface area contributed by atoms with E-state index in [1.807, 2.05) is 4.90 Å². The van der Waals surface area contributed by atoms with Crippen LogP contribution >= 0.6 is 11.6 Å². The molecule has 138 valence electrons. The lowest BCUT2D eigenvalue weighted by Crippen LogP contribution is -2.51. The van der Waals surface area contributed by atoms with Crippen molar-refractivity contribution in [1.82, 2.24) is 9.80 Å². The molecule has 0 aromatic heterocycles. The first-order valence-electron chi connectivity index (χ1n) is 8.57. The Bertz CT molecular complexity index is 632. The zero-order chi connectivity index (χ0) is 18.6. The topological polar surface area (TPSA) is 49.9 Å². The van der Waals surface area contributed by atoms with E-state index in [2.05, 4.69) is 20.8 Å². The van der Waals surface area contributed by atoms with Gasteiger partial charge in [0.25, 0.3) is 0 Å². The summed E-state index contributed by atoms with van der Waals surface area (Å²) in [5, 5.41) is 0.584. The minimum Gasteiger partial charge on any atom is -0.496 e. The van der Waals surface area contributed by atoms with E-state index in [0.29, 0.717) is 43.4 Å². The lowest BCUT2D eigenvalue weighted by atomic mass is 9.91. The number of benzene rings is 1. The maximum Gasteiger partial charge on any atom is 0.227 e. The molecule has 1 aliphatic rings. The average molecular weight is 367 g/mol. The molecule has 1 aromatic carbocycles. The van der Waals surface area contributed by atoms with Crippen molar-refractivity contribution in [3.63, 3.8) is 0 Å². The van der Waals surface area contributed by atoms with Crippen LogP contribution in [-0.2, 0) is 16.0 Å². The highest BCUT2D eigenvalue weighted by Crippen LogP contribution is 2.24. The van der Waals surface area contributed by atoms with E-state index in [1.54, 1.807) is 30.2 Å². The predicted molar refractivity (Wildman–Crippen MR) is 98.9 cm³/mol. The van der Waals surface area contributed by atoms with E-state index in [4.69, 9.17) is 16.3 Å². The molecule has 0 N–H and O–H groups in total. The van der Waals surface area contributed by atoms with Gasteiger partial charge in [-0.3, -0.25) is 9.59 Å². The molecule has 2 rings (SSSR count). The fourth-order valence-electron chi connectivity index (χ4n) is 2.93. The second kappa shape index (κ2) is 8.09. The molecule has 1 fully saturated rings. The average Bonchev–Trinajstić information content (AvgIpc) is 2.53. The summed E-state index contributed by atoms with van der Waals surface area (Å²) in [6.45, 7) is 8.49. The zero-order valence-electron chi connectivity index (χ0n) is 15.5. The van der Waals surface area contributed by atoms with Gasteiger partial charge < -0.3 is 14.5 Å². The number of methoxy groups -OCH3 is 1. The summed E-state index contributed by atoms with van der Waals surface area (Å²) in [4.78, 5) is 28.5. The van der Waals surface area contributed by atoms with Crippen molar-refractivity contribution in [3.05, 3.63) is 28.8 Å². The number of hydrogen-bond donors (Lipinski definition) is 0. The lowest BCUT2D eigenvalue weighted by Gasteiger charge is -2.36. The Balaban J connectivity index is 1.91. The molecule has 0 unspecified atom stereocenters. The molecule has 1 heterocycles. The molecule has 25 heavy (non-hydrogen) atoms. The van der Waals surface area contributed by atoms with Crippen LogP contribution in [0.2, 0.25) is 5.02 Å². The van der Waals surface area contributed by atoms with Crippen molar-refractivity contribution in [1.29, 1.82) is 0 Å². The van der Waals surface area contributed by atoms with E-state index in [-0.39, 0.29) is 23.7 Å². The fourth-order valence-corrected chi connectivity index (χ4v) is 3.13. The van der Waals surface area contributed by atoms with Crippen LogP contribution in [0.3, 0.4) is 0 Å². The summed E-state index contributed by atoms with van der Waals surface area (Å²) in [6.07, 6.45) is 0.778. The molecule has 0 spiro atoms. The van der Waals surface area contributed by atoms with Gasteiger partial charge in [0.1, 0.15) is 5.75 Å². The molecule has 0 atom stereocenters. The van der Waals surface area contributed by atoms with Crippen LogP contribution in [-0.4, -0.2) is 54.9 Å². The summed E-state index contributed by atoms with van der Waals surface area (Å²) < 4.78 is 5.30. The summed E-state index contributed by atoms with van der Waals surface area (Å²) in [5.74, 6) is 0.858. The highest BCUT2D eigenvalue weighted by atomic mass is 35.5. The maximum atomic E-state index is 12.6. The minimum atomic E-state index is -0.0207. The number of piperazine rings is 1. The van der Waals surface area contributed by atoms with Gasteiger partial charge in [0.2, 0.25) is 11.8 Å². The minimum absolute atomic E-state index is 0.0207. The lowest BCUT2D eigenvalue weighted by molar-refractivity contribution is -0.140. The summed E-state index contributed by atoms with van der Waals surface area (Å²) in [5.41, 5.74) is 0.763. The predicted octanol–water partition coefficient (Wildman–Crippen LogP) is 3.00. The third kappa shape index (κ3) is 5.63. The van der Waals surface area contributed by atoms with Gasteiger partial charge in [0.05, 0.1) is 13.5 Å². The summed E-state index contributed by atoms with van der Waals surface area (Å²) >= 11 is 6.03. The number of halogens is 1. The van der Waals surface area contributed by atoms with Gasteiger partial charge in [-0.25, -0.2) is 0 Å². The molecule has 0 saturated carbocycles. The van der Waals surface area contributed by atoms with Gasteiger partial charge >= 0.3 is 0 Å². The Morgan fingerprint density at radius 1 is 1.08 bits per heavy atom. The van der Waals surface area contributed by atoms with E-state index >= 15 is 0 Å². The standard InChI is InChI=1S/C19H27ClN2O3/c1-19(2,3)13-18(24)22-9-7-21(8-10-22)17(23)12-14-11-15(20)5-6-16(14)25-4/h5-6,11H,7-10,12-13H2,1-4H3. The Labute approximate surface area is 154 Å². The van der Waals surface area contributed by atoms with Crippen molar-refractivity contribution in [3.8, 4) is 5.75 Å². The molecular weight excluding hydrogens is 340 g/mol. The van der Waals surface area contributed by atoms with Crippen LogP contribution in [0.1, 0.15) is 32.8 Å². The van der Waals surface area contributed by atoms with Gasteiger partial charge in [-0.05, 0) is 23.6 Å². The van der Waals surface area contributed by atoms with Crippen LogP contribution in [0.5, 0.6) is 5.75 Å². The Hall–Kier alpha value is -1.75. The Kier molecular flexibility index (Phi) is 6.33. The van der Waals surface area contributed by atoms with Crippen molar-refractivity contribution in [2.24, 2.45) is 5.41 Å². The van der Waals surface area contributed by atoms with Gasteiger partial charge in [0, 0.05) is 43.2 Å². The normalized spacial score (nSPS) is 15.2. The van der Waals surface area contributed by atoms with Gasteiger partial charge in [-0.1, -0.05) is 32.4 Å². The van der Waals surface area contributed by atoms with E-state index < -0.39 is 0 Å². The molecule has 2 amide bonds. The number of nitrogens with zero attached hydrogens (tertiary/aromatic N) is 2. The van der Waals surface area contributed by atoms with Crippen LogP contribution in [0.4, 0.5) is 0 Å². The van der Waals surface area contributed by atoms with Crippen molar-refractivity contribution < 1.29 is 14.3 Å². The third-order valence-electron chi connectivity index (χ3n) is 4.25. The number of hydrogen-bond acceptors (Lipinski definition) is 3. The zero-order valence-corrected chi connectivity index (χ0v) is 16.2. The third-order valence-corrected chi connectivity index (χ3v) is 4.49. The number of carbonyl (C=O) groups excluding carboxylic acids is 2. The summed E-state index contributed by atoms with van der Waals surface area (Å²) in [7, 11) is 1.58. The SMILES string of the molecule is COc1ccc(Cl)cc1CC(=O)N1CCN(C(=O)CC(C)(C)C)CC1. The molecule has 5 nitrogen and oxygen atoms in total. The van der Waals surface area contributed by atoms with Crippen molar-refractivity contribution in [2.75, 3.05) is 33.3 Å². The van der Waals surface area contributed by atoms with Crippen LogP contribution in [0.15, 0.2) is 18.2 Å². The number of rotatable bonds is 4. The van der Waals surface area contributed by atoms with Gasteiger partial charge in [0.15, 0.2) is 0 Å². The second-order valence-corrected chi connectivity index (χ2v) is 8.07. The molecular formula is C19H27ClN2O3. The molecule has 6 heteroatoms. The fraction of sp³-hybridized carbons (Fsp3) is 0.579. The number of amides is 2. The molecule has 0 bridgehead atoms. The molecule has 1 aromatic rings. The maximum absolute atomic E-state index is 12.6.